The van der Waals surface area contributed by atoms with Crippen LogP contribution in [0.4, 0.5) is 0 Å². The van der Waals surface area contributed by atoms with Crippen LogP contribution in [0.3, 0.4) is 0 Å². The summed E-state index contributed by atoms with van der Waals surface area (Å²) in [5, 5.41) is 0. The van der Waals surface area contributed by atoms with Crippen LogP contribution < -0.4 is 0 Å². The number of hydrogen-bond donors (Lipinski definition) is 0. The van der Waals surface area contributed by atoms with E-state index in [-0.39, 0.29) is 29.4 Å². The molecule has 1 saturated heterocycles. The van der Waals surface area contributed by atoms with Crippen molar-refractivity contribution in [2.75, 3.05) is 6.54 Å². The van der Waals surface area contributed by atoms with Crippen LogP contribution in [-0.2, 0) is 9.53 Å². The van der Waals surface area contributed by atoms with E-state index in [2.05, 4.69) is 52.0 Å². The first kappa shape index (κ1) is 17.7. The monoisotopic (exact) mass is 354 g/mol. The van der Waals surface area contributed by atoms with Crippen molar-refractivity contribution in [1.29, 1.82) is 0 Å². The summed E-state index contributed by atoms with van der Waals surface area (Å²) in [6, 6.07) is 10.6. The molecule has 2 aliphatic heterocycles. The van der Waals surface area contributed by atoms with Crippen LogP contribution in [0.15, 0.2) is 35.3 Å². The molecule has 1 aliphatic carbocycles. The van der Waals surface area contributed by atoms with Gasteiger partial charge in [0.2, 0.25) is 5.91 Å². The van der Waals surface area contributed by atoms with Crippen LogP contribution in [0.2, 0.25) is 0 Å². The van der Waals surface area contributed by atoms with Crippen LogP contribution in [0, 0.1) is 17.3 Å². The largest absolute Gasteiger partial charge is 0.324 e. The fraction of sp³-hybridized carbons (Fsp3) is 0.636. The molecule has 4 heteroatoms. The molecule has 0 N–H and O–H groups in total. The zero-order valence-electron chi connectivity index (χ0n) is 16.5. The lowest BCUT2D eigenvalue weighted by molar-refractivity contribution is -0.156. The molecule has 1 amide bonds. The van der Waals surface area contributed by atoms with Crippen LogP contribution >= 0.6 is 0 Å². The first-order chi connectivity index (χ1) is 12.3. The van der Waals surface area contributed by atoms with Crippen molar-refractivity contribution in [3.63, 3.8) is 0 Å². The second-order valence-electron chi connectivity index (χ2n) is 9.17. The number of aliphatic imine (C=N–C) groups is 1. The van der Waals surface area contributed by atoms with E-state index >= 15 is 0 Å². The summed E-state index contributed by atoms with van der Waals surface area (Å²) in [6.07, 6.45) is 1.43. The van der Waals surface area contributed by atoms with Gasteiger partial charge in [-0.3, -0.25) is 9.79 Å². The minimum Gasteiger partial charge on any atom is -0.324 e. The highest BCUT2D eigenvalue weighted by Crippen LogP contribution is 2.53. The van der Waals surface area contributed by atoms with Crippen LogP contribution in [0.1, 0.15) is 58.9 Å². The maximum absolute atomic E-state index is 13.2. The summed E-state index contributed by atoms with van der Waals surface area (Å²) >= 11 is 0. The maximum atomic E-state index is 13.2. The molecule has 140 valence electrons. The van der Waals surface area contributed by atoms with Gasteiger partial charge >= 0.3 is 0 Å². The van der Waals surface area contributed by atoms with E-state index in [0.717, 1.165) is 18.6 Å². The summed E-state index contributed by atoms with van der Waals surface area (Å²) < 4.78 is 6.60. The van der Waals surface area contributed by atoms with Gasteiger partial charge in [0.15, 0.2) is 12.0 Å². The molecule has 1 saturated carbocycles. The Bertz CT molecular complexity index is 736. The first-order valence-corrected chi connectivity index (χ1v) is 9.89. The normalized spacial score (nSPS) is 36.7. The molecule has 1 aromatic rings. The van der Waals surface area contributed by atoms with Gasteiger partial charge in [0.25, 0.3) is 0 Å². The molecule has 0 radical (unpaired) electrons. The molecule has 5 atom stereocenters. The van der Waals surface area contributed by atoms with Gasteiger partial charge in [-0.15, -0.1) is 0 Å². The van der Waals surface area contributed by atoms with Gasteiger partial charge in [-0.1, -0.05) is 58.0 Å². The Hall–Kier alpha value is -1.68. The Labute approximate surface area is 156 Å². The number of likely N-dealkylation sites (tertiary alicyclic amines) is 1. The SMILES string of the molecule is CCN1C(=O)C2C[C@@]13O[C@H](C(C)(C)C)N=C3C[C@H](c1ccccc1)[C@H]2C. The van der Waals surface area contributed by atoms with E-state index in [1.807, 2.05) is 17.9 Å². The van der Waals surface area contributed by atoms with E-state index < -0.39 is 5.72 Å². The smallest absolute Gasteiger partial charge is 0.228 e. The molecule has 26 heavy (non-hydrogen) atoms. The number of ether oxygens (including phenoxy) is 1. The van der Waals surface area contributed by atoms with Crippen LogP contribution in [0.25, 0.3) is 0 Å². The number of benzene rings is 1. The van der Waals surface area contributed by atoms with Gasteiger partial charge in [-0.25, -0.2) is 0 Å². The van der Waals surface area contributed by atoms with Gasteiger partial charge in [0.1, 0.15) is 0 Å². The third-order valence-corrected chi connectivity index (χ3v) is 6.51. The predicted octanol–water partition coefficient (Wildman–Crippen LogP) is 4.22. The van der Waals surface area contributed by atoms with Crippen molar-refractivity contribution in [1.82, 2.24) is 4.90 Å². The molecule has 1 aromatic carbocycles. The lowest BCUT2D eigenvalue weighted by Crippen LogP contribution is -2.53. The third-order valence-electron chi connectivity index (χ3n) is 6.51. The van der Waals surface area contributed by atoms with Crippen molar-refractivity contribution < 1.29 is 9.53 Å². The Morgan fingerprint density at radius 2 is 1.92 bits per heavy atom. The standard InChI is InChI=1S/C22H30N2O2/c1-6-24-19(25)17-13-22(24)18(23-20(26-22)21(3,4)5)12-16(14(17)2)15-10-8-7-9-11-15/h7-11,14,16-17,20H,6,12-13H2,1-5H3/t14-,16+,17?,20-,22+/m1/s1. The number of amides is 1. The highest BCUT2D eigenvalue weighted by atomic mass is 16.6. The number of nitrogens with zero attached hydrogens (tertiary/aromatic N) is 2. The molecule has 2 heterocycles. The van der Waals surface area contributed by atoms with E-state index in [4.69, 9.17) is 9.73 Å². The molecule has 3 aliphatic rings. The highest BCUT2D eigenvalue weighted by Gasteiger charge is 2.62. The molecular formula is C22H30N2O2. The second-order valence-corrected chi connectivity index (χ2v) is 9.17. The first-order valence-electron chi connectivity index (χ1n) is 9.89. The second kappa shape index (κ2) is 5.91. The molecule has 4 rings (SSSR count). The van der Waals surface area contributed by atoms with Crippen LogP contribution in [0.5, 0.6) is 0 Å². The summed E-state index contributed by atoms with van der Waals surface area (Å²) in [7, 11) is 0. The Morgan fingerprint density at radius 3 is 2.54 bits per heavy atom. The Kier molecular flexibility index (Phi) is 4.03. The fourth-order valence-corrected chi connectivity index (χ4v) is 4.98. The van der Waals surface area contributed by atoms with E-state index in [1.54, 1.807) is 0 Å². The maximum Gasteiger partial charge on any atom is 0.228 e. The molecule has 1 spiro atoms. The summed E-state index contributed by atoms with van der Waals surface area (Å²) in [5.41, 5.74) is 1.68. The summed E-state index contributed by atoms with van der Waals surface area (Å²) in [5.74, 6) is 0.838. The summed E-state index contributed by atoms with van der Waals surface area (Å²) in [4.78, 5) is 20.3. The number of carbonyl (C=O) groups is 1. The highest BCUT2D eigenvalue weighted by molar-refractivity contribution is 6.01. The van der Waals surface area contributed by atoms with Crippen molar-refractivity contribution in [3.8, 4) is 0 Å². The van der Waals surface area contributed by atoms with Gasteiger partial charge in [0.05, 0.1) is 5.71 Å². The lowest BCUT2D eigenvalue weighted by atomic mass is 9.78. The average molecular weight is 354 g/mol. The quantitative estimate of drug-likeness (QED) is 0.798. The van der Waals surface area contributed by atoms with Crippen molar-refractivity contribution in [2.24, 2.45) is 22.2 Å². The molecule has 1 unspecified atom stereocenters. The minimum absolute atomic E-state index is 0.00609. The van der Waals surface area contributed by atoms with Crippen molar-refractivity contribution >= 4 is 11.6 Å². The molecule has 2 bridgehead atoms. The number of carbonyl (C=O) groups excluding carboxylic acids is 1. The number of hydrogen-bond acceptors (Lipinski definition) is 3. The average Bonchev–Trinajstić information content (AvgIpc) is 3.07. The predicted molar refractivity (Wildman–Crippen MR) is 103 cm³/mol. The van der Waals surface area contributed by atoms with Crippen LogP contribution in [-0.4, -0.2) is 35.0 Å². The molecule has 4 nitrogen and oxygen atoms in total. The fourth-order valence-electron chi connectivity index (χ4n) is 4.98. The van der Waals surface area contributed by atoms with E-state index in [0.29, 0.717) is 12.5 Å². The number of rotatable bonds is 2. The Morgan fingerprint density at radius 1 is 1.23 bits per heavy atom. The Balaban J connectivity index is 1.81. The van der Waals surface area contributed by atoms with E-state index in [9.17, 15) is 4.79 Å². The van der Waals surface area contributed by atoms with Crippen molar-refractivity contribution in [3.05, 3.63) is 35.9 Å². The minimum atomic E-state index is -0.619. The topological polar surface area (TPSA) is 41.9 Å². The molecule has 0 aromatic heterocycles. The molecule has 2 fully saturated rings. The van der Waals surface area contributed by atoms with Gasteiger partial charge in [0, 0.05) is 24.3 Å². The zero-order valence-corrected chi connectivity index (χ0v) is 16.5. The van der Waals surface area contributed by atoms with Gasteiger partial charge < -0.3 is 9.64 Å². The zero-order chi connectivity index (χ0) is 18.7. The van der Waals surface area contributed by atoms with Gasteiger partial charge in [-0.2, -0.15) is 0 Å². The van der Waals surface area contributed by atoms with Crippen molar-refractivity contribution in [2.45, 2.75) is 65.3 Å². The van der Waals surface area contributed by atoms with E-state index in [1.165, 1.54) is 5.56 Å². The van der Waals surface area contributed by atoms with Gasteiger partial charge in [-0.05, 0) is 30.7 Å². The molecular weight excluding hydrogens is 324 g/mol. The summed E-state index contributed by atoms with van der Waals surface area (Å²) in [6.45, 7) is 11.4. The number of fused-ring (bicyclic) bond motifs is 1. The lowest BCUT2D eigenvalue weighted by Gasteiger charge is -2.38. The third kappa shape index (κ3) is 2.45.